The first-order valence-electron chi connectivity index (χ1n) is 5.41. The first-order valence-corrected chi connectivity index (χ1v) is 5.41. The summed E-state index contributed by atoms with van der Waals surface area (Å²) in [7, 11) is 3.37. The fourth-order valence-corrected chi connectivity index (χ4v) is 1.46. The summed E-state index contributed by atoms with van der Waals surface area (Å²) >= 11 is 0. The van der Waals surface area contributed by atoms with E-state index in [-0.39, 0.29) is 6.10 Å². The summed E-state index contributed by atoms with van der Waals surface area (Å²) < 4.78 is 10.3. The molecule has 1 N–H and O–H groups in total. The molecule has 16 heavy (non-hydrogen) atoms. The van der Waals surface area contributed by atoms with Gasteiger partial charge in [0.2, 0.25) is 0 Å². The number of ether oxygens (including phenoxy) is 2. The molecule has 0 bridgehead atoms. The Bertz CT molecular complexity index is 305. The molecule has 1 aromatic heterocycles. The lowest BCUT2D eigenvalue weighted by molar-refractivity contribution is 0.0287. The van der Waals surface area contributed by atoms with E-state index in [4.69, 9.17) is 9.47 Å². The molecule has 0 fully saturated rings. The van der Waals surface area contributed by atoms with Gasteiger partial charge in [-0.3, -0.25) is 4.98 Å². The van der Waals surface area contributed by atoms with Gasteiger partial charge in [0.15, 0.2) is 0 Å². The molecule has 4 heteroatoms. The molecule has 1 unspecified atom stereocenters. The molecule has 0 amide bonds. The van der Waals surface area contributed by atoms with E-state index in [2.05, 4.69) is 10.3 Å². The van der Waals surface area contributed by atoms with Crippen molar-refractivity contribution in [3.8, 4) is 0 Å². The van der Waals surface area contributed by atoms with Crippen molar-refractivity contribution in [2.45, 2.75) is 19.6 Å². The van der Waals surface area contributed by atoms with Crippen LogP contribution in [0.1, 0.15) is 11.4 Å². The minimum absolute atomic E-state index is 0.0924. The summed E-state index contributed by atoms with van der Waals surface area (Å²) in [6.45, 7) is 4.11. The van der Waals surface area contributed by atoms with Crippen molar-refractivity contribution in [3.05, 3.63) is 29.6 Å². The standard InChI is InChI=1S/C12H20N2O2/c1-10-5-4-6-11(14-10)7-13-8-12(16-3)9-15-2/h4-6,12-13H,7-9H2,1-3H3. The fraction of sp³-hybridized carbons (Fsp3) is 0.583. The van der Waals surface area contributed by atoms with Crippen LogP contribution in [0.2, 0.25) is 0 Å². The van der Waals surface area contributed by atoms with Gasteiger partial charge in [0, 0.05) is 33.0 Å². The lowest BCUT2D eigenvalue weighted by atomic mass is 10.3. The van der Waals surface area contributed by atoms with Crippen LogP contribution in [0.4, 0.5) is 0 Å². The van der Waals surface area contributed by atoms with Crippen LogP contribution in [0, 0.1) is 6.92 Å². The Morgan fingerprint density at radius 3 is 2.81 bits per heavy atom. The van der Waals surface area contributed by atoms with Crippen molar-refractivity contribution in [2.75, 3.05) is 27.4 Å². The molecule has 0 aromatic carbocycles. The van der Waals surface area contributed by atoms with Crippen molar-refractivity contribution in [1.82, 2.24) is 10.3 Å². The highest BCUT2D eigenvalue weighted by molar-refractivity contribution is 5.09. The lowest BCUT2D eigenvalue weighted by Gasteiger charge is -2.14. The van der Waals surface area contributed by atoms with Crippen LogP contribution in [0.25, 0.3) is 0 Å². The Hall–Kier alpha value is -0.970. The Morgan fingerprint density at radius 1 is 1.38 bits per heavy atom. The van der Waals surface area contributed by atoms with Crippen LogP contribution < -0.4 is 5.32 Å². The molecular weight excluding hydrogens is 204 g/mol. The second-order valence-corrected chi connectivity index (χ2v) is 3.71. The first-order chi connectivity index (χ1) is 7.76. The Kier molecular flexibility index (Phi) is 6.00. The normalized spacial score (nSPS) is 12.7. The van der Waals surface area contributed by atoms with Crippen molar-refractivity contribution < 1.29 is 9.47 Å². The predicted octanol–water partition coefficient (Wildman–Crippen LogP) is 1.14. The van der Waals surface area contributed by atoms with E-state index in [1.165, 1.54) is 0 Å². The molecule has 0 aliphatic heterocycles. The van der Waals surface area contributed by atoms with E-state index in [1.807, 2.05) is 25.1 Å². The minimum Gasteiger partial charge on any atom is -0.382 e. The molecule has 90 valence electrons. The summed E-state index contributed by atoms with van der Waals surface area (Å²) in [4.78, 5) is 4.41. The van der Waals surface area contributed by atoms with Crippen molar-refractivity contribution >= 4 is 0 Å². The van der Waals surface area contributed by atoms with Gasteiger partial charge in [-0.05, 0) is 19.1 Å². The van der Waals surface area contributed by atoms with E-state index in [9.17, 15) is 0 Å². The number of hydrogen-bond acceptors (Lipinski definition) is 4. The molecule has 0 spiro atoms. The molecule has 1 aromatic rings. The van der Waals surface area contributed by atoms with Crippen molar-refractivity contribution in [1.29, 1.82) is 0 Å². The number of rotatable bonds is 7. The van der Waals surface area contributed by atoms with Gasteiger partial charge in [0.25, 0.3) is 0 Å². The van der Waals surface area contributed by atoms with E-state index >= 15 is 0 Å². The van der Waals surface area contributed by atoms with Crippen LogP contribution in [-0.4, -0.2) is 38.5 Å². The Balaban J connectivity index is 2.29. The maximum Gasteiger partial charge on any atom is 0.0928 e. The van der Waals surface area contributed by atoms with Gasteiger partial charge in [0.1, 0.15) is 0 Å². The molecule has 4 nitrogen and oxygen atoms in total. The largest absolute Gasteiger partial charge is 0.382 e. The van der Waals surface area contributed by atoms with Crippen molar-refractivity contribution in [3.63, 3.8) is 0 Å². The quantitative estimate of drug-likeness (QED) is 0.754. The van der Waals surface area contributed by atoms with Crippen LogP contribution in [0.5, 0.6) is 0 Å². The third kappa shape index (κ3) is 4.70. The third-order valence-corrected chi connectivity index (χ3v) is 2.31. The summed E-state index contributed by atoms with van der Waals surface area (Å²) in [6, 6.07) is 6.02. The monoisotopic (exact) mass is 224 g/mol. The zero-order chi connectivity index (χ0) is 11.8. The van der Waals surface area contributed by atoms with E-state index in [0.29, 0.717) is 6.61 Å². The molecule has 1 rings (SSSR count). The number of aromatic nitrogens is 1. The Morgan fingerprint density at radius 2 is 2.19 bits per heavy atom. The molecule has 0 saturated heterocycles. The summed E-state index contributed by atoms with van der Waals surface area (Å²) in [5.41, 5.74) is 2.09. The third-order valence-electron chi connectivity index (χ3n) is 2.31. The number of methoxy groups -OCH3 is 2. The zero-order valence-corrected chi connectivity index (χ0v) is 10.2. The van der Waals surface area contributed by atoms with Gasteiger partial charge in [0.05, 0.1) is 18.4 Å². The maximum atomic E-state index is 5.24. The van der Waals surface area contributed by atoms with Gasteiger partial charge < -0.3 is 14.8 Å². The van der Waals surface area contributed by atoms with Crippen LogP contribution in [-0.2, 0) is 16.0 Å². The predicted molar refractivity (Wildman–Crippen MR) is 63.4 cm³/mol. The number of nitrogens with one attached hydrogen (secondary N) is 1. The molecular formula is C12H20N2O2. The zero-order valence-electron chi connectivity index (χ0n) is 10.2. The molecule has 1 heterocycles. The van der Waals surface area contributed by atoms with Crippen molar-refractivity contribution in [2.24, 2.45) is 0 Å². The maximum absolute atomic E-state index is 5.24. The summed E-state index contributed by atoms with van der Waals surface area (Å²) in [6.07, 6.45) is 0.0924. The van der Waals surface area contributed by atoms with Gasteiger partial charge >= 0.3 is 0 Å². The highest BCUT2D eigenvalue weighted by Crippen LogP contribution is 1.97. The summed E-state index contributed by atoms with van der Waals surface area (Å²) in [5.74, 6) is 0. The molecule has 0 saturated carbocycles. The second-order valence-electron chi connectivity index (χ2n) is 3.71. The highest BCUT2D eigenvalue weighted by Gasteiger charge is 2.05. The average molecular weight is 224 g/mol. The smallest absolute Gasteiger partial charge is 0.0928 e. The van der Waals surface area contributed by atoms with Crippen LogP contribution >= 0.6 is 0 Å². The van der Waals surface area contributed by atoms with E-state index < -0.39 is 0 Å². The van der Waals surface area contributed by atoms with Gasteiger partial charge in [-0.1, -0.05) is 6.07 Å². The van der Waals surface area contributed by atoms with Crippen LogP contribution in [0.3, 0.4) is 0 Å². The van der Waals surface area contributed by atoms with Crippen LogP contribution in [0.15, 0.2) is 18.2 Å². The highest BCUT2D eigenvalue weighted by atomic mass is 16.5. The number of pyridine rings is 1. The Labute approximate surface area is 97.0 Å². The number of hydrogen-bond donors (Lipinski definition) is 1. The fourth-order valence-electron chi connectivity index (χ4n) is 1.46. The summed E-state index contributed by atoms with van der Waals surface area (Å²) in [5, 5.41) is 3.30. The SMILES string of the molecule is COCC(CNCc1cccc(C)n1)OC. The molecule has 1 atom stereocenters. The van der Waals surface area contributed by atoms with Gasteiger partial charge in [-0.2, -0.15) is 0 Å². The first kappa shape index (κ1) is 13.1. The number of aryl methyl sites for hydroxylation is 1. The molecule has 0 radical (unpaired) electrons. The molecule has 0 aliphatic rings. The second kappa shape index (κ2) is 7.33. The molecule has 0 aliphatic carbocycles. The van der Waals surface area contributed by atoms with Gasteiger partial charge in [-0.15, -0.1) is 0 Å². The van der Waals surface area contributed by atoms with E-state index in [0.717, 1.165) is 24.5 Å². The number of nitrogens with zero attached hydrogens (tertiary/aromatic N) is 1. The average Bonchev–Trinajstić information content (AvgIpc) is 2.28. The van der Waals surface area contributed by atoms with Gasteiger partial charge in [-0.25, -0.2) is 0 Å². The van der Waals surface area contributed by atoms with E-state index in [1.54, 1.807) is 14.2 Å². The lowest BCUT2D eigenvalue weighted by Crippen LogP contribution is -2.31. The minimum atomic E-state index is 0.0924. The topological polar surface area (TPSA) is 43.4 Å².